The van der Waals surface area contributed by atoms with Crippen molar-refractivity contribution in [3.05, 3.63) is 46.2 Å². The van der Waals surface area contributed by atoms with Gasteiger partial charge in [-0.15, -0.1) is 0 Å². The van der Waals surface area contributed by atoms with Crippen LogP contribution >= 0.6 is 11.6 Å². The number of rotatable bonds is 4. The first-order valence-electron chi connectivity index (χ1n) is 10.3. The summed E-state index contributed by atoms with van der Waals surface area (Å²) in [7, 11) is 0. The Morgan fingerprint density at radius 1 is 1.07 bits per heavy atom. The van der Waals surface area contributed by atoms with Crippen LogP contribution in [0, 0.1) is 19.8 Å². The molecule has 0 N–H and O–H groups in total. The molecule has 8 heteroatoms. The third kappa shape index (κ3) is 4.95. The molecule has 0 radical (unpaired) electrons. The number of amides is 2. The van der Waals surface area contributed by atoms with E-state index in [9.17, 15) is 9.59 Å². The maximum Gasteiger partial charge on any atom is 0.409 e. The van der Waals surface area contributed by atoms with E-state index in [1.807, 2.05) is 52.0 Å². The largest absolute Gasteiger partial charge is 0.449 e. The van der Waals surface area contributed by atoms with Gasteiger partial charge in [-0.3, -0.25) is 4.79 Å². The number of benzene rings is 1. The maximum atomic E-state index is 13.0. The van der Waals surface area contributed by atoms with E-state index in [0.29, 0.717) is 49.3 Å². The molecule has 1 aromatic carbocycles. The summed E-state index contributed by atoms with van der Waals surface area (Å²) < 4.78 is 7.10. The Kier molecular flexibility index (Phi) is 7.02. The minimum atomic E-state index is -0.300. The average Bonchev–Trinajstić information content (AvgIpc) is 2.92. The molecule has 162 valence electrons. The molecule has 2 heterocycles. The molecule has 2 amide bonds. The van der Waals surface area contributed by atoms with Crippen LogP contribution in [0.3, 0.4) is 0 Å². The van der Waals surface area contributed by atoms with Gasteiger partial charge in [0.25, 0.3) is 5.91 Å². The van der Waals surface area contributed by atoms with Crippen molar-refractivity contribution in [3.8, 4) is 5.69 Å². The van der Waals surface area contributed by atoms with Crippen molar-refractivity contribution in [1.29, 1.82) is 0 Å². The second-order valence-corrected chi connectivity index (χ2v) is 8.43. The highest BCUT2D eigenvalue weighted by atomic mass is 35.5. The first-order chi connectivity index (χ1) is 14.3. The summed E-state index contributed by atoms with van der Waals surface area (Å²) in [6.07, 6.45) is 0.427. The fraction of sp³-hybridized carbons (Fsp3) is 0.500. The van der Waals surface area contributed by atoms with E-state index in [-0.39, 0.29) is 12.0 Å². The molecule has 1 saturated heterocycles. The van der Waals surface area contributed by atoms with Gasteiger partial charge in [-0.2, -0.15) is 5.10 Å². The molecule has 2 aromatic rings. The summed E-state index contributed by atoms with van der Waals surface area (Å²) in [5.41, 5.74) is 3.11. The highest BCUT2D eigenvalue weighted by Gasteiger charge is 2.24. The Morgan fingerprint density at radius 3 is 2.30 bits per heavy atom. The van der Waals surface area contributed by atoms with E-state index in [1.165, 1.54) is 0 Å². The minimum Gasteiger partial charge on any atom is -0.449 e. The van der Waals surface area contributed by atoms with Gasteiger partial charge in [-0.1, -0.05) is 25.4 Å². The highest BCUT2D eigenvalue weighted by Crippen LogP contribution is 2.22. The third-order valence-electron chi connectivity index (χ3n) is 5.14. The van der Waals surface area contributed by atoms with Gasteiger partial charge in [0.1, 0.15) is 0 Å². The van der Waals surface area contributed by atoms with Crippen molar-refractivity contribution >= 4 is 23.6 Å². The number of aryl methyl sites for hydroxylation is 1. The average molecular weight is 433 g/mol. The van der Waals surface area contributed by atoms with Crippen molar-refractivity contribution in [2.24, 2.45) is 5.92 Å². The topological polar surface area (TPSA) is 67.7 Å². The first kappa shape index (κ1) is 22.2. The van der Waals surface area contributed by atoms with Crippen LogP contribution in [0.25, 0.3) is 5.69 Å². The summed E-state index contributed by atoms with van der Waals surface area (Å²) in [6.45, 7) is 10.4. The highest BCUT2D eigenvalue weighted by molar-refractivity contribution is 6.31. The lowest BCUT2D eigenvalue weighted by Crippen LogP contribution is -2.37. The molecule has 0 spiro atoms. The van der Waals surface area contributed by atoms with Crippen LogP contribution in [0.1, 0.15) is 42.0 Å². The number of ether oxygens (including phenoxy) is 1. The van der Waals surface area contributed by atoms with Gasteiger partial charge in [0.05, 0.1) is 28.7 Å². The van der Waals surface area contributed by atoms with Crippen molar-refractivity contribution in [2.75, 3.05) is 32.8 Å². The molecule has 0 saturated carbocycles. The molecule has 0 atom stereocenters. The molecule has 0 unspecified atom stereocenters. The van der Waals surface area contributed by atoms with Gasteiger partial charge in [0.15, 0.2) is 0 Å². The van der Waals surface area contributed by atoms with E-state index >= 15 is 0 Å². The number of aromatic nitrogens is 2. The molecule has 7 nitrogen and oxygen atoms in total. The van der Waals surface area contributed by atoms with Crippen molar-refractivity contribution in [1.82, 2.24) is 19.6 Å². The lowest BCUT2D eigenvalue weighted by molar-refractivity contribution is 0.0746. The molecular weight excluding hydrogens is 404 g/mol. The van der Waals surface area contributed by atoms with Crippen molar-refractivity contribution < 1.29 is 14.3 Å². The summed E-state index contributed by atoms with van der Waals surface area (Å²) >= 11 is 6.24. The van der Waals surface area contributed by atoms with E-state index in [1.54, 1.807) is 14.5 Å². The zero-order chi connectivity index (χ0) is 21.8. The van der Waals surface area contributed by atoms with Gasteiger partial charge in [0.2, 0.25) is 0 Å². The van der Waals surface area contributed by atoms with Crippen molar-refractivity contribution in [3.63, 3.8) is 0 Å². The Hall–Kier alpha value is -2.54. The van der Waals surface area contributed by atoms with E-state index < -0.39 is 0 Å². The second kappa shape index (κ2) is 9.51. The van der Waals surface area contributed by atoms with Crippen LogP contribution in [-0.4, -0.2) is 64.4 Å². The zero-order valence-electron chi connectivity index (χ0n) is 18.0. The summed E-state index contributed by atoms with van der Waals surface area (Å²) in [4.78, 5) is 28.7. The van der Waals surface area contributed by atoms with Gasteiger partial charge in [-0.05, 0) is 50.5 Å². The summed E-state index contributed by atoms with van der Waals surface area (Å²) in [5, 5.41) is 5.10. The van der Waals surface area contributed by atoms with Gasteiger partial charge in [-0.25, -0.2) is 9.48 Å². The lowest BCUT2D eigenvalue weighted by Gasteiger charge is -2.22. The van der Waals surface area contributed by atoms with Crippen LogP contribution < -0.4 is 0 Å². The van der Waals surface area contributed by atoms with Crippen molar-refractivity contribution in [2.45, 2.75) is 34.1 Å². The summed E-state index contributed by atoms with van der Waals surface area (Å²) in [6, 6.07) is 7.36. The Morgan fingerprint density at radius 2 is 1.70 bits per heavy atom. The number of hydrogen-bond donors (Lipinski definition) is 0. The van der Waals surface area contributed by atoms with Crippen LogP contribution in [0.5, 0.6) is 0 Å². The SMILES string of the molecule is Cc1nn(-c2ccc(C(=O)N3CCCN(C(=O)OCC(C)C)CC3)cc2)c(C)c1Cl. The number of carbonyl (C=O) groups excluding carboxylic acids is 2. The van der Waals surface area contributed by atoms with E-state index in [4.69, 9.17) is 16.3 Å². The van der Waals surface area contributed by atoms with Gasteiger partial charge in [0, 0.05) is 31.7 Å². The molecule has 30 heavy (non-hydrogen) atoms. The third-order valence-corrected chi connectivity index (χ3v) is 5.69. The van der Waals surface area contributed by atoms with Crippen LogP contribution in [0.15, 0.2) is 24.3 Å². The predicted octanol–water partition coefficient (Wildman–Crippen LogP) is 4.08. The van der Waals surface area contributed by atoms with Gasteiger partial charge < -0.3 is 14.5 Å². The number of halogens is 1. The van der Waals surface area contributed by atoms with Crippen LogP contribution in [-0.2, 0) is 4.74 Å². The predicted molar refractivity (Wildman–Crippen MR) is 116 cm³/mol. The van der Waals surface area contributed by atoms with E-state index in [2.05, 4.69) is 5.10 Å². The molecular formula is C22H29ClN4O3. The molecule has 0 aliphatic carbocycles. The number of nitrogens with zero attached hydrogens (tertiary/aromatic N) is 4. The first-order valence-corrected chi connectivity index (χ1v) is 10.7. The monoisotopic (exact) mass is 432 g/mol. The summed E-state index contributed by atoms with van der Waals surface area (Å²) in [5.74, 6) is 0.262. The van der Waals surface area contributed by atoms with Crippen LogP contribution in [0.2, 0.25) is 5.02 Å². The quantitative estimate of drug-likeness (QED) is 0.729. The molecule has 1 aliphatic rings. The Balaban J connectivity index is 1.64. The molecule has 1 fully saturated rings. The van der Waals surface area contributed by atoms with Crippen LogP contribution in [0.4, 0.5) is 4.79 Å². The van der Waals surface area contributed by atoms with Gasteiger partial charge >= 0.3 is 6.09 Å². The zero-order valence-corrected chi connectivity index (χ0v) is 18.8. The fourth-order valence-corrected chi connectivity index (χ4v) is 3.55. The van der Waals surface area contributed by atoms with E-state index in [0.717, 1.165) is 23.5 Å². The maximum absolute atomic E-state index is 13.0. The minimum absolute atomic E-state index is 0.0367. The molecule has 3 rings (SSSR count). The standard InChI is InChI=1S/C22H29ClN4O3/c1-15(2)14-30-22(29)26-11-5-10-25(12-13-26)21(28)18-6-8-19(9-7-18)27-17(4)20(23)16(3)24-27/h6-9,15H,5,10-14H2,1-4H3. The second-order valence-electron chi connectivity index (χ2n) is 8.05. The normalized spacial score (nSPS) is 14.7. The Bertz CT molecular complexity index is 908. The number of hydrogen-bond acceptors (Lipinski definition) is 4. The fourth-order valence-electron chi connectivity index (χ4n) is 3.44. The molecule has 1 aliphatic heterocycles. The Labute approximate surface area is 182 Å². The molecule has 1 aromatic heterocycles. The number of carbonyl (C=O) groups is 2. The lowest BCUT2D eigenvalue weighted by atomic mass is 10.1. The smallest absolute Gasteiger partial charge is 0.409 e. The molecule has 0 bridgehead atoms.